The molecular formula is C51H60FN9O6. The lowest BCUT2D eigenvalue weighted by molar-refractivity contribution is -0.134. The summed E-state index contributed by atoms with van der Waals surface area (Å²) in [7, 11) is 1.91. The number of carbonyl (C=O) groups excluding carboxylic acids is 3. The first-order valence-corrected chi connectivity index (χ1v) is 24.3. The molecule has 352 valence electrons. The Morgan fingerprint density at radius 2 is 1.66 bits per heavy atom. The fraction of sp³-hybridized carbons (Fsp3) is 0.510. The van der Waals surface area contributed by atoms with Crippen LogP contribution in [0.1, 0.15) is 69.8 Å². The zero-order chi connectivity index (χ0) is 46.1. The maximum Gasteiger partial charge on any atom is 0.319 e. The molecule has 2 saturated carbocycles. The summed E-state index contributed by atoms with van der Waals surface area (Å²) in [4.78, 5) is 49.2. The average Bonchev–Trinajstić information content (AvgIpc) is 3.39. The lowest BCUT2D eigenvalue weighted by atomic mass is 9.62. The normalized spacial score (nSPS) is 27.4. The minimum absolute atomic E-state index is 0.0262. The van der Waals surface area contributed by atoms with Crippen LogP contribution in [-0.4, -0.2) is 120 Å². The number of fused-ring (bicyclic) bond motifs is 3. The van der Waals surface area contributed by atoms with Crippen molar-refractivity contribution in [1.29, 1.82) is 0 Å². The number of piperidine rings is 3. The van der Waals surface area contributed by atoms with Crippen molar-refractivity contribution in [3.05, 3.63) is 78.1 Å². The first-order chi connectivity index (χ1) is 32.4. The predicted octanol–water partition coefficient (Wildman–Crippen LogP) is 6.40. The van der Waals surface area contributed by atoms with E-state index in [0.717, 1.165) is 80.2 Å². The largest absolute Gasteiger partial charge is 0.507 e. The molecule has 4 aromatic rings. The summed E-state index contributed by atoms with van der Waals surface area (Å²) in [5.74, 6) is 3.25. The third-order valence-corrected chi connectivity index (χ3v) is 16.1. The molecule has 0 radical (unpaired) electrons. The molecule has 7 heterocycles. The number of para-hydroxylation sites is 2. The highest BCUT2D eigenvalue weighted by Crippen LogP contribution is 2.63. The van der Waals surface area contributed by atoms with E-state index in [1.807, 2.05) is 54.1 Å². The Bertz CT molecular complexity index is 2570. The number of urea groups is 1. The van der Waals surface area contributed by atoms with Crippen LogP contribution in [0, 0.1) is 29.5 Å². The maximum atomic E-state index is 15.4. The van der Waals surface area contributed by atoms with Gasteiger partial charge >= 0.3 is 6.03 Å². The van der Waals surface area contributed by atoms with Gasteiger partial charge in [0.05, 0.1) is 29.3 Å². The Balaban J connectivity index is 0.682. The van der Waals surface area contributed by atoms with E-state index < -0.39 is 6.04 Å². The summed E-state index contributed by atoms with van der Waals surface area (Å²) in [5.41, 5.74) is 11.4. The highest BCUT2D eigenvalue weighted by Gasteiger charge is 2.57. The van der Waals surface area contributed by atoms with Crippen LogP contribution >= 0.6 is 0 Å². The SMILES string of the molecule is C[C@@H]1CN(C2CCC(=O)NC2=O)c2cccc(N3CCC(N(C)C(=O)N4CCC(Oc5cc(F)cc(C6C[C@H]7CN(c8cc(-c9ccccc9O)nnc8N)C[C@@H]8CC7C68)c5)CC4)CC3)c2O1. The number of carbonyl (C=O) groups is 3. The van der Waals surface area contributed by atoms with Crippen molar-refractivity contribution in [2.45, 2.75) is 88.5 Å². The fourth-order valence-corrected chi connectivity index (χ4v) is 12.8. The van der Waals surface area contributed by atoms with E-state index in [9.17, 15) is 19.5 Å². The van der Waals surface area contributed by atoms with Crippen LogP contribution < -0.4 is 35.2 Å². The summed E-state index contributed by atoms with van der Waals surface area (Å²) in [6.45, 7) is 6.90. The number of nitrogens with one attached hydrogen (secondary N) is 1. The lowest BCUT2D eigenvalue weighted by Crippen LogP contribution is -2.56. The van der Waals surface area contributed by atoms with Crippen molar-refractivity contribution in [3.63, 3.8) is 0 Å². The van der Waals surface area contributed by atoms with Gasteiger partial charge in [-0.3, -0.25) is 14.9 Å². The Kier molecular flexibility index (Phi) is 11.2. The molecule has 8 aliphatic rings. The van der Waals surface area contributed by atoms with Crippen molar-refractivity contribution in [2.24, 2.45) is 23.7 Å². The van der Waals surface area contributed by atoms with Crippen LogP contribution in [0.25, 0.3) is 11.3 Å². The Morgan fingerprint density at radius 3 is 2.45 bits per heavy atom. The van der Waals surface area contributed by atoms with Crippen LogP contribution in [0.3, 0.4) is 0 Å². The number of imide groups is 1. The van der Waals surface area contributed by atoms with Crippen molar-refractivity contribution in [1.82, 2.24) is 25.3 Å². The fourth-order valence-electron chi connectivity index (χ4n) is 12.8. The molecule has 0 spiro atoms. The zero-order valence-corrected chi connectivity index (χ0v) is 38.2. The molecule has 4 amide bonds. The number of benzene rings is 3. The molecule has 4 bridgehead atoms. The number of ether oxygens (including phenoxy) is 2. The van der Waals surface area contributed by atoms with Crippen LogP contribution in [0.5, 0.6) is 17.2 Å². The summed E-state index contributed by atoms with van der Waals surface area (Å²) >= 11 is 0. The van der Waals surface area contributed by atoms with Gasteiger partial charge in [0.25, 0.3) is 0 Å². The lowest BCUT2D eigenvalue weighted by Gasteiger charge is -2.44. The standard InChI is InChI=1S/C51H60FN9O6/c1-29-26-61(43-10-11-46(63)54-50(43)64)42-8-5-7-41(48(42)66-29)58-16-12-34(13-17-58)57(2)51(65)59-18-14-35(15-19-59)67-36-21-30(20-33(52)24-36)38-22-31-27-60(28-32-23-39(31)47(32)38)44-25-40(55-56-49(44)53)37-6-3-4-9-45(37)62/h3-9,20-21,24-25,29,31-32,34-35,38-39,43,47,62H,10-19,22-23,26-28H2,1-2H3,(H2,53,56)(H,54,63,64)/t29-,31+,32+,38?,39?,43?,47?/m1/s1. The van der Waals surface area contributed by atoms with Crippen molar-refractivity contribution in [2.75, 3.05) is 73.3 Å². The van der Waals surface area contributed by atoms with Crippen LogP contribution in [-0.2, 0) is 9.59 Å². The number of aromatic hydroxyl groups is 1. The third-order valence-electron chi connectivity index (χ3n) is 16.1. The van der Waals surface area contributed by atoms with Gasteiger partial charge in [0.2, 0.25) is 11.8 Å². The number of aromatic nitrogens is 2. The number of amides is 4. The van der Waals surface area contributed by atoms with Crippen LogP contribution in [0.2, 0.25) is 0 Å². The van der Waals surface area contributed by atoms with Crippen molar-refractivity contribution < 1.29 is 33.4 Å². The number of phenols is 1. The Hall–Kier alpha value is -6.32. The van der Waals surface area contributed by atoms with Gasteiger partial charge in [0.15, 0.2) is 11.6 Å². The second kappa shape index (κ2) is 17.4. The smallest absolute Gasteiger partial charge is 0.319 e. The number of hydrogen-bond acceptors (Lipinski definition) is 12. The summed E-state index contributed by atoms with van der Waals surface area (Å²) in [6, 6.07) is 20.1. The summed E-state index contributed by atoms with van der Waals surface area (Å²) in [6.07, 6.45) is 5.62. The van der Waals surface area contributed by atoms with E-state index in [1.165, 1.54) is 6.07 Å². The molecule has 15 nitrogen and oxygen atoms in total. The molecule has 67 heavy (non-hydrogen) atoms. The van der Waals surface area contributed by atoms with Gasteiger partial charge in [0, 0.05) is 83.3 Å². The van der Waals surface area contributed by atoms with Gasteiger partial charge in [0.1, 0.15) is 35.6 Å². The molecule has 3 aromatic carbocycles. The molecule has 4 N–H and O–H groups in total. The van der Waals surface area contributed by atoms with E-state index in [2.05, 4.69) is 42.3 Å². The van der Waals surface area contributed by atoms with Gasteiger partial charge in [-0.15, -0.1) is 10.2 Å². The topological polar surface area (TPSA) is 170 Å². The van der Waals surface area contributed by atoms with E-state index in [-0.39, 0.29) is 53.6 Å². The highest BCUT2D eigenvalue weighted by molar-refractivity contribution is 6.02. The van der Waals surface area contributed by atoms with E-state index >= 15 is 4.39 Å². The Morgan fingerprint density at radius 1 is 0.881 bits per heavy atom. The molecule has 16 heteroatoms. The number of hydrogen-bond donors (Lipinski definition) is 3. The zero-order valence-electron chi connectivity index (χ0n) is 38.2. The van der Waals surface area contributed by atoms with Gasteiger partial charge in [-0.25, -0.2) is 9.18 Å². The van der Waals surface area contributed by atoms with Crippen LogP contribution in [0.4, 0.5) is 32.1 Å². The number of phenolic OH excluding ortho intramolecular Hbond substituents is 1. The second-order valence-corrected chi connectivity index (χ2v) is 20.1. The number of likely N-dealkylation sites (tertiary alicyclic amines) is 1. The van der Waals surface area contributed by atoms with Crippen molar-refractivity contribution >= 4 is 40.7 Å². The molecule has 1 aromatic heterocycles. The van der Waals surface area contributed by atoms with Gasteiger partial charge < -0.3 is 44.8 Å². The second-order valence-electron chi connectivity index (χ2n) is 20.1. The number of anilines is 4. The first kappa shape index (κ1) is 43.3. The van der Waals surface area contributed by atoms with E-state index in [1.54, 1.807) is 18.2 Å². The molecule has 2 aliphatic carbocycles. The summed E-state index contributed by atoms with van der Waals surface area (Å²) < 4.78 is 28.4. The van der Waals surface area contributed by atoms with Crippen LogP contribution in [0.15, 0.2) is 66.7 Å². The van der Waals surface area contributed by atoms with Crippen molar-refractivity contribution in [3.8, 4) is 28.5 Å². The van der Waals surface area contributed by atoms with E-state index in [0.29, 0.717) is 91.8 Å². The minimum Gasteiger partial charge on any atom is -0.507 e. The van der Waals surface area contributed by atoms with E-state index in [4.69, 9.17) is 15.2 Å². The van der Waals surface area contributed by atoms with Gasteiger partial charge in [-0.05, 0) is 117 Å². The molecule has 6 aliphatic heterocycles. The summed E-state index contributed by atoms with van der Waals surface area (Å²) in [5, 5.41) is 21.6. The number of nitrogen functional groups attached to an aromatic ring is 1. The number of halogens is 1. The molecular weight excluding hydrogens is 854 g/mol. The van der Waals surface area contributed by atoms with Gasteiger partial charge in [-0.1, -0.05) is 18.2 Å². The average molecular weight is 914 g/mol. The Labute approximate surface area is 390 Å². The monoisotopic (exact) mass is 913 g/mol. The first-order valence-electron chi connectivity index (χ1n) is 24.3. The highest BCUT2D eigenvalue weighted by atomic mass is 19.1. The third kappa shape index (κ3) is 8.09. The molecule has 5 saturated heterocycles. The predicted molar refractivity (Wildman–Crippen MR) is 252 cm³/mol. The molecule has 4 unspecified atom stereocenters. The minimum atomic E-state index is -0.423. The number of nitrogens with two attached hydrogens (primary N) is 1. The molecule has 7 atom stereocenters. The number of rotatable bonds is 8. The maximum absolute atomic E-state index is 15.4. The molecule has 12 rings (SSSR count). The quantitative estimate of drug-likeness (QED) is 0.167. The van der Waals surface area contributed by atoms with Gasteiger partial charge in [-0.2, -0.15) is 0 Å². The number of nitrogens with zero attached hydrogens (tertiary/aromatic N) is 7. The molecule has 7 fully saturated rings.